The van der Waals surface area contributed by atoms with E-state index >= 15 is 0 Å². The predicted octanol–water partition coefficient (Wildman–Crippen LogP) is 3.43. The highest BCUT2D eigenvalue weighted by Crippen LogP contribution is 2.34. The SMILES string of the molecule is FC(F)(F)c1cccc(N2CCN[C@@H]3CCCC[C@H]32)c1. The molecule has 1 heterocycles. The van der Waals surface area contributed by atoms with Crippen molar-refractivity contribution in [3.8, 4) is 0 Å². The van der Waals surface area contributed by atoms with Crippen LogP contribution < -0.4 is 10.2 Å². The van der Waals surface area contributed by atoms with Crippen LogP contribution in [-0.2, 0) is 6.18 Å². The minimum absolute atomic E-state index is 0.334. The highest BCUT2D eigenvalue weighted by molar-refractivity contribution is 5.51. The van der Waals surface area contributed by atoms with Gasteiger partial charge in [-0.1, -0.05) is 18.9 Å². The van der Waals surface area contributed by atoms with Crippen LogP contribution in [0.4, 0.5) is 18.9 Å². The molecule has 1 saturated heterocycles. The summed E-state index contributed by atoms with van der Waals surface area (Å²) in [7, 11) is 0. The predicted molar refractivity (Wildman–Crippen MR) is 72.8 cm³/mol. The number of fused-ring (bicyclic) bond motifs is 1. The molecule has 110 valence electrons. The molecular formula is C15H19F3N2. The number of halogens is 3. The average molecular weight is 284 g/mol. The van der Waals surface area contributed by atoms with E-state index in [4.69, 9.17) is 0 Å². The fraction of sp³-hybridized carbons (Fsp3) is 0.600. The Morgan fingerprint density at radius 1 is 1.15 bits per heavy atom. The summed E-state index contributed by atoms with van der Waals surface area (Å²) < 4.78 is 38.5. The molecule has 3 rings (SSSR count). The zero-order valence-corrected chi connectivity index (χ0v) is 11.3. The van der Waals surface area contributed by atoms with E-state index in [1.165, 1.54) is 18.6 Å². The van der Waals surface area contributed by atoms with Crippen molar-refractivity contribution in [2.75, 3.05) is 18.0 Å². The number of rotatable bonds is 1. The molecule has 5 heteroatoms. The van der Waals surface area contributed by atoms with Crippen LogP contribution >= 0.6 is 0 Å². The minimum atomic E-state index is -4.27. The topological polar surface area (TPSA) is 15.3 Å². The van der Waals surface area contributed by atoms with Gasteiger partial charge in [-0.25, -0.2) is 0 Å². The lowest BCUT2D eigenvalue weighted by Crippen LogP contribution is -2.59. The smallest absolute Gasteiger partial charge is 0.366 e. The first-order valence-electron chi connectivity index (χ1n) is 7.23. The van der Waals surface area contributed by atoms with E-state index in [2.05, 4.69) is 10.2 Å². The van der Waals surface area contributed by atoms with E-state index in [9.17, 15) is 13.2 Å². The molecule has 2 fully saturated rings. The highest BCUT2D eigenvalue weighted by Gasteiger charge is 2.35. The second-order valence-electron chi connectivity index (χ2n) is 5.65. The third-order valence-corrected chi connectivity index (χ3v) is 4.39. The quantitative estimate of drug-likeness (QED) is 0.850. The number of alkyl halides is 3. The molecule has 20 heavy (non-hydrogen) atoms. The van der Waals surface area contributed by atoms with Crippen molar-refractivity contribution in [2.24, 2.45) is 0 Å². The zero-order chi connectivity index (χ0) is 14.2. The van der Waals surface area contributed by atoms with Crippen LogP contribution in [0.15, 0.2) is 24.3 Å². The van der Waals surface area contributed by atoms with E-state index in [0.29, 0.717) is 17.8 Å². The summed E-state index contributed by atoms with van der Waals surface area (Å²) in [6.07, 6.45) is 0.299. The van der Waals surface area contributed by atoms with Crippen LogP contribution in [0, 0.1) is 0 Å². The molecule has 1 saturated carbocycles. The van der Waals surface area contributed by atoms with E-state index < -0.39 is 11.7 Å². The molecule has 0 radical (unpaired) electrons. The Balaban J connectivity index is 1.87. The first kappa shape index (κ1) is 13.7. The van der Waals surface area contributed by atoms with E-state index in [0.717, 1.165) is 38.4 Å². The molecule has 0 spiro atoms. The number of hydrogen-bond donors (Lipinski definition) is 1. The maximum Gasteiger partial charge on any atom is 0.416 e. The third-order valence-electron chi connectivity index (χ3n) is 4.39. The number of benzene rings is 1. The summed E-state index contributed by atoms with van der Waals surface area (Å²) in [5.74, 6) is 0. The zero-order valence-electron chi connectivity index (χ0n) is 11.3. The minimum Gasteiger partial charge on any atom is -0.366 e. The van der Waals surface area contributed by atoms with Gasteiger partial charge >= 0.3 is 6.18 Å². The first-order chi connectivity index (χ1) is 9.55. The lowest BCUT2D eigenvalue weighted by molar-refractivity contribution is -0.137. The van der Waals surface area contributed by atoms with Gasteiger partial charge in [-0.2, -0.15) is 13.2 Å². The molecule has 2 aliphatic rings. The number of piperazine rings is 1. The van der Waals surface area contributed by atoms with Crippen molar-refractivity contribution in [1.82, 2.24) is 5.32 Å². The van der Waals surface area contributed by atoms with Gasteiger partial charge < -0.3 is 10.2 Å². The van der Waals surface area contributed by atoms with Gasteiger partial charge in [-0.15, -0.1) is 0 Å². The molecule has 1 aromatic rings. The molecule has 1 aromatic carbocycles. The molecule has 0 aromatic heterocycles. The Morgan fingerprint density at radius 3 is 2.75 bits per heavy atom. The Hall–Kier alpha value is -1.23. The molecule has 0 amide bonds. The summed E-state index contributed by atoms with van der Waals surface area (Å²) in [5, 5.41) is 3.50. The molecule has 2 nitrogen and oxygen atoms in total. The number of nitrogens with one attached hydrogen (secondary N) is 1. The summed E-state index contributed by atoms with van der Waals surface area (Å²) in [6, 6.07) is 6.50. The largest absolute Gasteiger partial charge is 0.416 e. The van der Waals surface area contributed by atoms with Gasteiger partial charge in [0.1, 0.15) is 0 Å². The van der Waals surface area contributed by atoms with Crippen LogP contribution in [0.2, 0.25) is 0 Å². The van der Waals surface area contributed by atoms with Gasteiger partial charge in [0.05, 0.1) is 5.56 Å². The molecular weight excluding hydrogens is 265 g/mol. The van der Waals surface area contributed by atoms with Crippen molar-refractivity contribution in [2.45, 2.75) is 43.9 Å². The summed E-state index contributed by atoms with van der Waals surface area (Å²) >= 11 is 0. The van der Waals surface area contributed by atoms with Crippen molar-refractivity contribution in [3.63, 3.8) is 0 Å². The van der Waals surface area contributed by atoms with Crippen molar-refractivity contribution in [1.29, 1.82) is 0 Å². The van der Waals surface area contributed by atoms with Crippen LogP contribution in [0.3, 0.4) is 0 Å². The second-order valence-corrected chi connectivity index (χ2v) is 5.65. The number of hydrogen-bond acceptors (Lipinski definition) is 2. The Morgan fingerprint density at radius 2 is 1.95 bits per heavy atom. The Kier molecular flexibility index (Phi) is 3.63. The van der Waals surface area contributed by atoms with Gasteiger partial charge in [-0.05, 0) is 31.0 Å². The lowest BCUT2D eigenvalue weighted by Gasteiger charge is -2.46. The monoisotopic (exact) mass is 284 g/mol. The fourth-order valence-corrected chi connectivity index (χ4v) is 3.44. The molecule has 1 N–H and O–H groups in total. The molecule has 0 bridgehead atoms. The van der Waals surface area contributed by atoms with E-state index in [1.54, 1.807) is 6.07 Å². The van der Waals surface area contributed by atoms with Crippen molar-refractivity contribution >= 4 is 5.69 Å². The van der Waals surface area contributed by atoms with Gasteiger partial charge in [0.15, 0.2) is 0 Å². The van der Waals surface area contributed by atoms with Gasteiger partial charge in [0, 0.05) is 30.9 Å². The van der Waals surface area contributed by atoms with Crippen LogP contribution in [0.25, 0.3) is 0 Å². The molecule has 1 aliphatic carbocycles. The van der Waals surface area contributed by atoms with E-state index in [-0.39, 0.29) is 0 Å². The van der Waals surface area contributed by atoms with E-state index in [1.807, 2.05) is 0 Å². The number of nitrogens with zero attached hydrogens (tertiary/aromatic N) is 1. The summed E-state index contributed by atoms with van der Waals surface area (Å²) in [5.41, 5.74) is 0.152. The Labute approximate surface area is 117 Å². The average Bonchev–Trinajstić information content (AvgIpc) is 2.46. The molecule has 0 unspecified atom stereocenters. The third kappa shape index (κ3) is 2.64. The van der Waals surface area contributed by atoms with Gasteiger partial charge in [-0.3, -0.25) is 0 Å². The maximum absolute atomic E-state index is 12.8. The summed E-state index contributed by atoms with van der Waals surface area (Å²) in [6.45, 7) is 1.62. The van der Waals surface area contributed by atoms with Crippen LogP contribution in [0.1, 0.15) is 31.2 Å². The van der Waals surface area contributed by atoms with Crippen molar-refractivity contribution in [3.05, 3.63) is 29.8 Å². The standard InChI is InChI=1S/C15H19F3N2/c16-15(17,18)11-4-3-5-12(10-11)20-9-8-19-13-6-1-2-7-14(13)20/h3-5,10,13-14,19H,1-2,6-9H2/t13-,14-/m1/s1. The molecule has 2 atom stereocenters. The van der Waals surface area contributed by atoms with Crippen LogP contribution in [-0.4, -0.2) is 25.2 Å². The maximum atomic E-state index is 12.8. The van der Waals surface area contributed by atoms with Gasteiger partial charge in [0.2, 0.25) is 0 Å². The first-order valence-corrected chi connectivity index (χ1v) is 7.23. The second kappa shape index (κ2) is 5.28. The van der Waals surface area contributed by atoms with Gasteiger partial charge in [0.25, 0.3) is 0 Å². The number of anilines is 1. The summed E-state index contributed by atoms with van der Waals surface area (Å²) in [4.78, 5) is 2.16. The highest BCUT2D eigenvalue weighted by atomic mass is 19.4. The lowest BCUT2D eigenvalue weighted by atomic mass is 9.87. The normalized spacial score (nSPS) is 27.2. The van der Waals surface area contributed by atoms with Crippen molar-refractivity contribution < 1.29 is 13.2 Å². The fourth-order valence-electron chi connectivity index (χ4n) is 3.44. The molecule has 1 aliphatic heterocycles. The van der Waals surface area contributed by atoms with Crippen LogP contribution in [0.5, 0.6) is 0 Å². The Bertz CT molecular complexity index is 470.